The van der Waals surface area contributed by atoms with Crippen molar-refractivity contribution in [2.24, 2.45) is 16.1 Å². The van der Waals surface area contributed by atoms with Crippen LogP contribution in [-0.4, -0.2) is 31.2 Å². The number of hydrogen-bond acceptors (Lipinski definition) is 6. The van der Waals surface area contributed by atoms with Gasteiger partial charge in [0.25, 0.3) is 11.9 Å². The number of ether oxygens (including phenoxy) is 3. The van der Waals surface area contributed by atoms with Crippen molar-refractivity contribution in [1.29, 1.82) is 0 Å². The number of fused-ring (bicyclic) bond motifs is 4. The van der Waals surface area contributed by atoms with Crippen LogP contribution < -0.4 is 20.5 Å². The molecule has 0 saturated carbocycles. The van der Waals surface area contributed by atoms with Gasteiger partial charge in [-0.25, -0.2) is 4.99 Å². The summed E-state index contributed by atoms with van der Waals surface area (Å²) >= 11 is 0. The SMILES string of the molecule is CC(C)NC(=O)c1ccc2c(c1)[C@@]1(COC(N)=N1)c1cc(OCC(C)(C)C)ccc1O2. The number of nitrogens with zero attached hydrogens (tertiary/aromatic N) is 1. The van der Waals surface area contributed by atoms with E-state index in [-0.39, 0.29) is 30.0 Å². The highest BCUT2D eigenvalue weighted by Gasteiger charge is 2.47. The summed E-state index contributed by atoms with van der Waals surface area (Å²) in [5.41, 5.74) is 7.14. The van der Waals surface area contributed by atoms with E-state index in [0.717, 1.165) is 16.9 Å². The van der Waals surface area contributed by atoms with Gasteiger partial charge in [-0.15, -0.1) is 0 Å². The second-order valence-corrected chi connectivity index (χ2v) is 9.55. The maximum absolute atomic E-state index is 12.6. The van der Waals surface area contributed by atoms with Crippen LogP contribution in [0.25, 0.3) is 0 Å². The number of benzene rings is 2. The highest BCUT2D eigenvalue weighted by Crippen LogP contribution is 2.51. The molecule has 2 heterocycles. The zero-order valence-electron chi connectivity index (χ0n) is 18.6. The first kappa shape index (κ1) is 21.0. The number of amidine groups is 1. The predicted molar refractivity (Wildman–Crippen MR) is 119 cm³/mol. The normalized spacial score (nSPS) is 19.2. The molecule has 0 saturated heterocycles. The summed E-state index contributed by atoms with van der Waals surface area (Å²) in [6.45, 7) is 11.0. The van der Waals surface area contributed by atoms with E-state index in [2.05, 4.69) is 31.1 Å². The molecule has 2 aliphatic heterocycles. The fourth-order valence-corrected chi connectivity index (χ4v) is 3.71. The van der Waals surface area contributed by atoms with Gasteiger partial charge in [0.1, 0.15) is 23.9 Å². The highest BCUT2D eigenvalue weighted by molar-refractivity contribution is 5.95. The molecule has 0 bridgehead atoms. The third-order valence-electron chi connectivity index (χ3n) is 5.13. The van der Waals surface area contributed by atoms with Crippen LogP contribution in [0.1, 0.15) is 56.1 Å². The lowest BCUT2D eigenvalue weighted by atomic mass is 9.80. The Morgan fingerprint density at radius 1 is 1.19 bits per heavy atom. The van der Waals surface area contributed by atoms with Gasteiger partial charge in [-0.1, -0.05) is 20.8 Å². The molecule has 4 rings (SSSR count). The molecule has 0 fully saturated rings. The average Bonchev–Trinajstić information content (AvgIpc) is 3.08. The summed E-state index contributed by atoms with van der Waals surface area (Å²) in [6.07, 6.45) is 0. The number of nitrogens with two attached hydrogens (primary N) is 1. The maximum atomic E-state index is 12.6. The minimum Gasteiger partial charge on any atom is -0.493 e. The van der Waals surface area contributed by atoms with Crippen LogP contribution in [-0.2, 0) is 10.3 Å². The molecule has 31 heavy (non-hydrogen) atoms. The van der Waals surface area contributed by atoms with Gasteiger partial charge in [-0.3, -0.25) is 4.79 Å². The monoisotopic (exact) mass is 423 g/mol. The average molecular weight is 424 g/mol. The second kappa shape index (κ2) is 7.48. The van der Waals surface area contributed by atoms with Crippen LogP contribution in [0.15, 0.2) is 41.4 Å². The first-order chi connectivity index (χ1) is 14.6. The Morgan fingerprint density at radius 3 is 2.48 bits per heavy atom. The molecular formula is C24H29N3O4. The fraction of sp³-hybridized carbons (Fsp3) is 0.417. The molecule has 1 spiro atoms. The van der Waals surface area contributed by atoms with Crippen molar-refractivity contribution in [1.82, 2.24) is 5.32 Å². The summed E-state index contributed by atoms with van der Waals surface area (Å²) in [4.78, 5) is 17.3. The minimum atomic E-state index is -0.901. The first-order valence-corrected chi connectivity index (χ1v) is 10.5. The zero-order chi connectivity index (χ0) is 22.4. The van der Waals surface area contributed by atoms with Crippen molar-refractivity contribution in [3.63, 3.8) is 0 Å². The van der Waals surface area contributed by atoms with Gasteiger partial charge in [0.05, 0.1) is 6.61 Å². The van der Waals surface area contributed by atoms with Gasteiger partial charge in [0, 0.05) is 22.7 Å². The number of hydrogen-bond donors (Lipinski definition) is 2. The molecule has 3 N–H and O–H groups in total. The molecule has 2 aromatic carbocycles. The lowest BCUT2D eigenvalue weighted by Gasteiger charge is -2.34. The number of aliphatic imine (C=N–C) groups is 1. The topological polar surface area (TPSA) is 95.2 Å². The lowest BCUT2D eigenvalue weighted by molar-refractivity contribution is 0.0943. The Kier molecular flexibility index (Phi) is 5.07. The highest BCUT2D eigenvalue weighted by atomic mass is 16.5. The molecular weight excluding hydrogens is 394 g/mol. The molecule has 164 valence electrons. The van der Waals surface area contributed by atoms with Crippen LogP contribution in [0.5, 0.6) is 17.2 Å². The molecule has 0 unspecified atom stereocenters. The van der Waals surface area contributed by atoms with Crippen LogP contribution in [0.3, 0.4) is 0 Å². The van der Waals surface area contributed by atoms with Crippen LogP contribution in [0.2, 0.25) is 0 Å². The Labute approximate surface area is 182 Å². The van der Waals surface area contributed by atoms with Crippen LogP contribution in [0, 0.1) is 5.41 Å². The van der Waals surface area contributed by atoms with E-state index in [0.29, 0.717) is 23.7 Å². The third-order valence-corrected chi connectivity index (χ3v) is 5.13. The Balaban J connectivity index is 1.79. The molecule has 1 amide bonds. The van der Waals surface area contributed by atoms with Gasteiger partial charge >= 0.3 is 0 Å². The molecule has 0 aromatic heterocycles. The third kappa shape index (κ3) is 4.04. The molecule has 0 aliphatic carbocycles. The van der Waals surface area contributed by atoms with Crippen molar-refractivity contribution in [3.05, 3.63) is 53.1 Å². The number of rotatable bonds is 4. The summed E-state index contributed by atoms with van der Waals surface area (Å²) in [5.74, 6) is 1.85. The molecule has 0 radical (unpaired) electrons. The molecule has 7 heteroatoms. The van der Waals surface area contributed by atoms with Crippen molar-refractivity contribution >= 4 is 11.9 Å². The van der Waals surface area contributed by atoms with Gasteiger partial charge in [0.15, 0.2) is 5.54 Å². The lowest BCUT2D eigenvalue weighted by Crippen LogP contribution is -2.33. The molecule has 2 aromatic rings. The number of carbonyl (C=O) groups is 1. The van der Waals surface area contributed by atoms with E-state index >= 15 is 0 Å². The number of amides is 1. The number of carbonyl (C=O) groups excluding carboxylic acids is 1. The second-order valence-electron chi connectivity index (χ2n) is 9.55. The summed E-state index contributed by atoms with van der Waals surface area (Å²) < 4.78 is 17.8. The van der Waals surface area contributed by atoms with Gasteiger partial charge < -0.3 is 25.3 Å². The van der Waals surface area contributed by atoms with Crippen LogP contribution >= 0.6 is 0 Å². The molecule has 7 nitrogen and oxygen atoms in total. The maximum Gasteiger partial charge on any atom is 0.283 e. The first-order valence-electron chi connectivity index (χ1n) is 10.5. The standard InChI is InChI=1S/C24H29N3O4/c1-14(2)26-21(28)15-6-8-19-17(10-15)24(13-30-22(25)27-24)18-11-16(7-9-20(18)31-19)29-12-23(3,4)5/h6-11,14H,12-13H2,1-5H3,(H2,25,27)(H,26,28)/t24-/m0/s1. The van der Waals surface area contributed by atoms with Crippen molar-refractivity contribution < 1.29 is 19.0 Å². The van der Waals surface area contributed by atoms with E-state index in [9.17, 15) is 4.79 Å². The quantitative estimate of drug-likeness (QED) is 0.777. The van der Waals surface area contributed by atoms with E-state index in [1.807, 2.05) is 38.1 Å². The van der Waals surface area contributed by atoms with Crippen molar-refractivity contribution in [2.75, 3.05) is 13.2 Å². The van der Waals surface area contributed by atoms with E-state index in [1.54, 1.807) is 12.1 Å². The van der Waals surface area contributed by atoms with Gasteiger partial charge in [-0.2, -0.15) is 0 Å². The van der Waals surface area contributed by atoms with Crippen LogP contribution in [0.4, 0.5) is 0 Å². The smallest absolute Gasteiger partial charge is 0.283 e. The summed E-state index contributed by atoms with van der Waals surface area (Å²) in [5, 5.41) is 2.92. The molecule has 2 aliphatic rings. The predicted octanol–water partition coefficient (Wildman–Crippen LogP) is 3.94. The Morgan fingerprint density at radius 2 is 1.87 bits per heavy atom. The van der Waals surface area contributed by atoms with Gasteiger partial charge in [0.2, 0.25) is 0 Å². The Hall–Kier alpha value is -3.22. The van der Waals surface area contributed by atoms with Crippen molar-refractivity contribution in [3.8, 4) is 17.2 Å². The van der Waals surface area contributed by atoms with E-state index < -0.39 is 5.54 Å². The van der Waals surface area contributed by atoms with E-state index in [1.165, 1.54) is 0 Å². The fourth-order valence-electron chi connectivity index (χ4n) is 3.71. The van der Waals surface area contributed by atoms with E-state index in [4.69, 9.17) is 19.9 Å². The van der Waals surface area contributed by atoms with Gasteiger partial charge in [-0.05, 0) is 55.7 Å². The number of nitrogens with one attached hydrogen (secondary N) is 1. The zero-order valence-corrected chi connectivity index (χ0v) is 18.6. The summed E-state index contributed by atoms with van der Waals surface area (Å²) in [6, 6.07) is 11.2. The minimum absolute atomic E-state index is 0.0222. The van der Waals surface area contributed by atoms with Crippen molar-refractivity contribution in [2.45, 2.75) is 46.2 Å². The largest absolute Gasteiger partial charge is 0.493 e. The molecule has 1 atom stereocenters. The Bertz CT molecular complexity index is 1060. The summed E-state index contributed by atoms with van der Waals surface area (Å²) in [7, 11) is 0.